The van der Waals surface area contributed by atoms with Crippen molar-refractivity contribution >= 4 is 40.2 Å². The molecular formula is C19H19ClN2O2S2. The Labute approximate surface area is 165 Å². The van der Waals surface area contributed by atoms with Crippen molar-refractivity contribution in [3.8, 4) is 5.75 Å². The molecule has 0 aliphatic rings. The molecule has 3 rings (SSSR count). The first-order valence-corrected chi connectivity index (χ1v) is 10.3. The van der Waals surface area contributed by atoms with E-state index >= 15 is 0 Å². The molecule has 3 aromatic rings. The van der Waals surface area contributed by atoms with Crippen LogP contribution in [0.15, 0.2) is 41.1 Å². The van der Waals surface area contributed by atoms with Gasteiger partial charge >= 0.3 is 0 Å². The summed E-state index contributed by atoms with van der Waals surface area (Å²) < 4.78 is 5.75. The van der Waals surface area contributed by atoms with E-state index in [9.17, 15) is 4.79 Å². The molecule has 0 bridgehead atoms. The highest BCUT2D eigenvalue weighted by Crippen LogP contribution is 2.22. The molecule has 1 N–H and O–H groups in total. The lowest BCUT2D eigenvalue weighted by Crippen LogP contribution is -2.27. The van der Waals surface area contributed by atoms with Gasteiger partial charge in [-0.15, -0.1) is 22.7 Å². The van der Waals surface area contributed by atoms with Crippen molar-refractivity contribution in [3.63, 3.8) is 0 Å². The van der Waals surface area contributed by atoms with E-state index in [1.165, 1.54) is 11.3 Å². The fourth-order valence-corrected chi connectivity index (χ4v) is 3.97. The summed E-state index contributed by atoms with van der Waals surface area (Å²) >= 11 is 9.15. The lowest BCUT2D eigenvalue weighted by molar-refractivity contribution is -0.121. The van der Waals surface area contributed by atoms with E-state index in [1.54, 1.807) is 11.3 Å². The van der Waals surface area contributed by atoms with Crippen LogP contribution in [0.1, 0.15) is 34.1 Å². The van der Waals surface area contributed by atoms with Crippen LogP contribution in [0.25, 0.3) is 0 Å². The third-order valence-electron chi connectivity index (χ3n) is 3.78. The molecule has 26 heavy (non-hydrogen) atoms. The first-order chi connectivity index (χ1) is 12.5. The number of carbonyl (C=O) groups excluding carboxylic acids is 1. The van der Waals surface area contributed by atoms with Gasteiger partial charge in [-0.2, -0.15) is 0 Å². The summed E-state index contributed by atoms with van der Waals surface area (Å²) in [4.78, 5) is 17.8. The summed E-state index contributed by atoms with van der Waals surface area (Å²) in [6.45, 7) is 4.30. The molecule has 2 aromatic heterocycles. The lowest BCUT2D eigenvalue weighted by Gasteiger charge is -2.11. The van der Waals surface area contributed by atoms with Crippen LogP contribution in [0.2, 0.25) is 5.02 Å². The monoisotopic (exact) mass is 406 g/mol. The van der Waals surface area contributed by atoms with Gasteiger partial charge in [0.1, 0.15) is 17.4 Å². The van der Waals surface area contributed by atoms with Gasteiger partial charge in [0.15, 0.2) is 0 Å². The highest BCUT2D eigenvalue weighted by Gasteiger charge is 2.13. The fraction of sp³-hybridized carbons (Fsp3) is 0.263. The highest BCUT2D eigenvalue weighted by atomic mass is 35.5. The lowest BCUT2D eigenvalue weighted by atomic mass is 10.2. The molecule has 0 unspecified atom stereocenters. The Balaban J connectivity index is 1.51. The Bertz CT molecular complexity index is 878. The second-order valence-electron chi connectivity index (χ2n) is 5.91. The fourth-order valence-electron chi connectivity index (χ4n) is 2.41. The third-order valence-corrected chi connectivity index (χ3v) is 6.13. The van der Waals surface area contributed by atoms with Crippen molar-refractivity contribution in [1.29, 1.82) is 0 Å². The zero-order valence-electron chi connectivity index (χ0n) is 14.5. The van der Waals surface area contributed by atoms with E-state index in [4.69, 9.17) is 16.3 Å². The number of nitrogens with zero attached hydrogens (tertiary/aromatic N) is 1. The van der Waals surface area contributed by atoms with Crippen LogP contribution < -0.4 is 10.1 Å². The highest BCUT2D eigenvalue weighted by molar-refractivity contribution is 7.10. The molecule has 7 heteroatoms. The van der Waals surface area contributed by atoms with Crippen molar-refractivity contribution in [1.82, 2.24) is 10.3 Å². The number of thiazole rings is 1. The smallest absolute Gasteiger partial charge is 0.226 e. The number of nitrogens with one attached hydrogen (secondary N) is 1. The van der Waals surface area contributed by atoms with Gasteiger partial charge in [0.25, 0.3) is 0 Å². The van der Waals surface area contributed by atoms with Gasteiger partial charge in [-0.05, 0) is 49.1 Å². The van der Waals surface area contributed by atoms with Crippen LogP contribution in [0.3, 0.4) is 0 Å². The quantitative estimate of drug-likeness (QED) is 0.589. The average molecular weight is 407 g/mol. The van der Waals surface area contributed by atoms with Gasteiger partial charge in [-0.25, -0.2) is 4.98 Å². The number of aryl methyl sites for hydroxylation is 1. The van der Waals surface area contributed by atoms with E-state index < -0.39 is 0 Å². The predicted octanol–water partition coefficient (Wildman–Crippen LogP) is 5.17. The summed E-state index contributed by atoms with van der Waals surface area (Å²) in [5.41, 5.74) is 1.73. The Morgan fingerprint density at radius 3 is 2.92 bits per heavy atom. The van der Waals surface area contributed by atoms with Gasteiger partial charge < -0.3 is 10.1 Å². The van der Waals surface area contributed by atoms with Crippen molar-refractivity contribution < 1.29 is 9.53 Å². The third kappa shape index (κ3) is 5.06. The van der Waals surface area contributed by atoms with Gasteiger partial charge in [0, 0.05) is 15.3 Å². The molecule has 136 valence electrons. The molecule has 0 fully saturated rings. The van der Waals surface area contributed by atoms with Crippen molar-refractivity contribution in [3.05, 3.63) is 67.3 Å². The van der Waals surface area contributed by atoms with Gasteiger partial charge in [-0.1, -0.05) is 17.7 Å². The number of amides is 1. The molecule has 2 heterocycles. The molecule has 0 spiro atoms. The summed E-state index contributed by atoms with van der Waals surface area (Å²) in [6.07, 6.45) is 0.270. The van der Waals surface area contributed by atoms with Gasteiger partial charge in [0.05, 0.1) is 18.2 Å². The second-order valence-corrected chi connectivity index (χ2v) is 8.24. The van der Waals surface area contributed by atoms with Crippen LogP contribution in [-0.4, -0.2) is 10.9 Å². The zero-order chi connectivity index (χ0) is 18.5. The Morgan fingerprint density at radius 2 is 2.19 bits per heavy atom. The minimum absolute atomic E-state index is 0.0112. The number of ether oxygens (including phenoxy) is 1. The van der Waals surface area contributed by atoms with Crippen molar-refractivity contribution in [2.24, 2.45) is 0 Å². The summed E-state index contributed by atoms with van der Waals surface area (Å²) in [7, 11) is 0. The van der Waals surface area contributed by atoms with E-state index in [0.717, 1.165) is 31.9 Å². The number of aromatic nitrogens is 1. The molecule has 0 saturated carbocycles. The van der Waals surface area contributed by atoms with Crippen molar-refractivity contribution in [2.75, 3.05) is 0 Å². The number of rotatable bonds is 7. The van der Waals surface area contributed by atoms with Crippen LogP contribution in [-0.2, 0) is 17.8 Å². The van der Waals surface area contributed by atoms with E-state index in [2.05, 4.69) is 10.3 Å². The minimum Gasteiger partial charge on any atom is -0.486 e. The SMILES string of the molecule is Cc1cc(OCc2nc(CC(=O)N[C@@H](C)c3cccs3)cs2)ccc1Cl. The molecular weight excluding hydrogens is 388 g/mol. The molecule has 4 nitrogen and oxygen atoms in total. The molecule has 1 atom stereocenters. The Morgan fingerprint density at radius 1 is 1.35 bits per heavy atom. The largest absolute Gasteiger partial charge is 0.486 e. The van der Waals surface area contributed by atoms with Crippen LogP contribution in [0.5, 0.6) is 5.75 Å². The van der Waals surface area contributed by atoms with Crippen molar-refractivity contribution in [2.45, 2.75) is 32.9 Å². The number of halogens is 1. The average Bonchev–Trinajstić information content (AvgIpc) is 3.27. The first-order valence-electron chi connectivity index (χ1n) is 8.16. The molecule has 1 aromatic carbocycles. The maximum atomic E-state index is 12.2. The molecule has 0 aliphatic carbocycles. The van der Waals surface area contributed by atoms with Crippen LogP contribution >= 0.6 is 34.3 Å². The van der Waals surface area contributed by atoms with Gasteiger partial charge in [-0.3, -0.25) is 4.79 Å². The minimum atomic E-state index is -0.0306. The standard InChI is InChI=1S/C19H19ClN2O2S2/c1-12-8-15(5-6-16(12)20)24-10-19-22-14(11-26-19)9-18(23)21-13(2)17-4-3-7-25-17/h3-8,11,13H,9-10H2,1-2H3,(H,21,23)/t13-/m0/s1. The Kier molecular flexibility index (Phi) is 6.29. The molecule has 0 radical (unpaired) electrons. The second kappa shape index (κ2) is 8.66. The van der Waals surface area contributed by atoms with Crippen LogP contribution in [0, 0.1) is 6.92 Å². The zero-order valence-corrected chi connectivity index (χ0v) is 16.9. The summed E-state index contributed by atoms with van der Waals surface area (Å²) in [5, 5.41) is 8.47. The van der Waals surface area contributed by atoms with E-state index in [-0.39, 0.29) is 18.4 Å². The summed E-state index contributed by atoms with van der Waals surface area (Å²) in [6, 6.07) is 9.57. The number of carbonyl (C=O) groups is 1. The van der Waals surface area contributed by atoms with Crippen LogP contribution in [0.4, 0.5) is 0 Å². The Hall–Kier alpha value is -1.89. The number of thiophene rings is 1. The normalized spacial score (nSPS) is 12.0. The summed E-state index contributed by atoms with van der Waals surface area (Å²) in [5.74, 6) is 0.725. The number of hydrogen-bond acceptors (Lipinski definition) is 5. The maximum Gasteiger partial charge on any atom is 0.226 e. The maximum absolute atomic E-state index is 12.2. The van der Waals surface area contributed by atoms with E-state index in [0.29, 0.717) is 6.61 Å². The van der Waals surface area contributed by atoms with Gasteiger partial charge in [0.2, 0.25) is 5.91 Å². The number of benzene rings is 1. The van der Waals surface area contributed by atoms with E-state index in [1.807, 2.05) is 54.9 Å². The molecule has 1 amide bonds. The number of hydrogen-bond donors (Lipinski definition) is 1. The molecule has 0 saturated heterocycles. The first kappa shape index (κ1) is 18.9. The molecule has 0 aliphatic heterocycles. The predicted molar refractivity (Wildman–Crippen MR) is 107 cm³/mol. The topological polar surface area (TPSA) is 51.2 Å².